The number of halogens is 12. The molecule has 8 aromatic rings. The molecular formula is C87H100F12N14O6. The molecule has 20 nitrogen and oxygen atoms in total. The summed E-state index contributed by atoms with van der Waals surface area (Å²) in [6, 6.07) is 23.0. The fourth-order valence-electron chi connectivity index (χ4n) is 18.7. The largest absolute Gasteiger partial charge is 0.416 e. The average Bonchev–Trinajstić information content (AvgIpc) is 1.75. The first kappa shape index (κ1) is 86.5. The molecule has 119 heavy (non-hydrogen) atoms. The Labute approximate surface area is 682 Å². The fourth-order valence-corrected chi connectivity index (χ4v) is 18.7. The monoisotopic (exact) mass is 1660 g/mol. The smallest absolute Gasteiger partial charge is 0.337 e. The Morgan fingerprint density at radius 2 is 0.563 bits per heavy atom. The van der Waals surface area contributed by atoms with Gasteiger partial charge >= 0.3 is 24.7 Å². The molecule has 0 bridgehead atoms. The molecule has 4 aromatic carbocycles. The van der Waals surface area contributed by atoms with Crippen molar-refractivity contribution in [3.8, 4) is 0 Å². The van der Waals surface area contributed by atoms with Crippen LogP contribution in [0.25, 0.3) is 0 Å². The lowest BCUT2D eigenvalue weighted by molar-refractivity contribution is -0.139. The fraction of sp³-hybridized carbons (Fsp3) is 0.517. The summed E-state index contributed by atoms with van der Waals surface area (Å²) in [4.78, 5) is 86.3. The van der Waals surface area contributed by atoms with E-state index >= 15 is 0 Å². The van der Waals surface area contributed by atoms with Crippen LogP contribution < -0.4 is 0 Å². The van der Waals surface area contributed by atoms with Crippen molar-refractivity contribution in [2.24, 2.45) is 21.1 Å². The van der Waals surface area contributed by atoms with Gasteiger partial charge in [0.25, 0.3) is 23.6 Å². The zero-order valence-corrected chi connectivity index (χ0v) is 67.7. The average molecular weight is 1670 g/mol. The molecule has 6 aliphatic heterocycles. The predicted octanol–water partition coefficient (Wildman–Crippen LogP) is 15.9. The zero-order chi connectivity index (χ0) is 85.2. The van der Waals surface area contributed by atoms with Gasteiger partial charge in [-0.3, -0.25) is 47.5 Å². The minimum Gasteiger partial charge on any atom is -0.337 e. The van der Waals surface area contributed by atoms with Crippen molar-refractivity contribution in [3.63, 3.8) is 0 Å². The van der Waals surface area contributed by atoms with Crippen molar-refractivity contribution in [3.05, 3.63) is 209 Å². The highest BCUT2D eigenvalue weighted by Crippen LogP contribution is 2.45. The van der Waals surface area contributed by atoms with Gasteiger partial charge in [-0.2, -0.15) is 73.1 Å². The molecule has 2 aliphatic carbocycles. The van der Waals surface area contributed by atoms with Crippen molar-refractivity contribution in [2.75, 3.05) is 65.4 Å². The van der Waals surface area contributed by atoms with Crippen molar-refractivity contribution < 1.29 is 81.5 Å². The molecule has 0 N–H and O–H groups in total. The van der Waals surface area contributed by atoms with Gasteiger partial charge < -0.3 is 29.4 Å². The van der Waals surface area contributed by atoms with E-state index in [0.717, 1.165) is 121 Å². The van der Waals surface area contributed by atoms with Crippen LogP contribution >= 0.6 is 0 Å². The number of nitrogens with zero attached hydrogens (tertiary/aromatic N) is 14. The molecule has 4 saturated heterocycles. The second kappa shape index (κ2) is 35.9. The van der Waals surface area contributed by atoms with Crippen LogP contribution in [-0.2, 0) is 114 Å². The van der Waals surface area contributed by atoms with Gasteiger partial charge in [-0.15, -0.1) is 0 Å². The first-order valence-electron chi connectivity index (χ1n) is 41.1. The van der Waals surface area contributed by atoms with Gasteiger partial charge in [0.05, 0.1) is 46.7 Å². The van der Waals surface area contributed by atoms with Crippen molar-refractivity contribution in [1.82, 2.24) is 68.5 Å². The Kier molecular flexibility index (Phi) is 26.1. The van der Waals surface area contributed by atoms with Gasteiger partial charge in [-0.05, 0) is 193 Å². The number of benzene rings is 4. The highest BCUT2D eigenvalue weighted by Gasteiger charge is 2.43. The van der Waals surface area contributed by atoms with E-state index in [4.69, 9.17) is 0 Å². The van der Waals surface area contributed by atoms with Crippen LogP contribution in [0, 0.1) is 0 Å². The maximum atomic E-state index is 13.4. The summed E-state index contributed by atoms with van der Waals surface area (Å²) in [5, 5.41) is 17.9. The Hall–Kier alpha value is -10.3. The second-order valence-corrected chi connectivity index (χ2v) is 32.2. The molecule has 0 atom stereocenters. The van der Waals surface area contributed by atoms with Crippen molar-refractivity contribution in [2.45, 2.75) is 204 Å². The predicted molar refractivity (Wildman–Crippen MR) is 418 cm³/mol. The van der Waals surface area contributed by atoms with E-state index in [2.05, 4.69) is 20.4 Å². The molecule has 0 saturated carbocycles. The molecule has 0 unspecified atom stereocenters. The number of likely N-dealkylation sites (tertiary alicyclic amines) is 4. The number of hydrogen-bond acceptors (Lipinski definition) is 10. The van der Waals surface area contributed by atoms with E-state index < -0.39 is 47.0 Å². The Bertz CT molecular complexity index is 4880. The molecule has 32 heteroatoms. The lowest BCUT2D eigenvalue weighted by atomic mass is 9.86. The quantitative estimate of drug-likeness (QED) is 0.126. The Morgan fingerprint density at radius 3 is 0.840 bits per heavy atom. The molecule has 8 aliphatic rings. The van der Waals surface area contributed by atoms with E-state index in [1.54, 1.807) is 94.3 Å². The molecular weight excluding hydrogens is 1570 g/mol. The van der Waals surface area contributed by atoms with Gasteiger partial charge in [0, 0.05) is 141 Å². The molecule has 6 amide bonds. The maximum Gasteiger partial charge on any atom is 0.416 e. The lowest BCUT2D eigenvalue weighted by Crippen LogP contribution is -2.39. The van der Waals surface area contributed by atoms with Crippen LogP contribution in [0.5, 0.6) is 0 Å². The third-order valence-corrected chi connectivity index (χ3v) is 25.1. The second-order valence-electron chi connectivity index (χ2n) is 32.2. The highest BCUT2D eigenvalue weighted by atomic mass is 19.4. The highest BCUT2D eigenvalue weighted by molar-refractivity contribution is 5.96. The maximum absolute atomic E-state index is 13.4. The number of hydrogen-bond donors (Lipinski definition) is 0. The van der Waals surface area contributed by atoms with E-state index in [-0.39, 0.29) is 59.1 Å². The van der Waals surface area contributed by atoms with Crippen LogP contribution in [0.1, 0.15) is 253 Å². The first-order chi connectivity index (χ1) is 56.6. The number of carbonyl (C=O) groups is 6. The van der Waals surface area contributed by atoms with Crippen LogP contribution in [0.2, 0.25) is 0 Å². The molecule has 0 radical (unpaired) electrons. The third-order valence-electron chi connectivity index (χ3n) is 25.1. The summed E-state index contributed by atoms with van der Waals surface area (Å²) in [5.41, 5.74) is 8.81. The van der Waals surface area contributed by atoms with Crippen LogP contribution in [0.3, 0.4) is 0 Å². The number of amides is 6. The molecule has 4 aromatic heterocycles. The number of carbonyl (C=O) groups excluding carboxylic acids is 6. The number of fused-ring (bicyclic) bond motifs is 4. The van der Waals surface area contributed by atoms with Crippen LogP contribution in [0.4, 0.5) is 52.7 Å². The number of piperidine rings is 4. The normalized spacial score (nSPS) is 17.8. The van der Waals surface area contributed by atoms with Gasteiger partial charge in [0.2, 0.25) is 11.8 Å². The SMILES string of the molecule is CC(=O)N1CCc2c(C(=O)N3CCC(c4ccccc4C(F)(F)F)CC3)nn(C)c2C1.CCn1nc(C(=O)N2CCC(c3ccccc3C(F)(F)F)CC2)c2c1CN(C(C)=O)CC2.Cn1nc(C(=O)N2CCC(c3ccccc3C(F)(F)F)CC2)c2c1CCCC2.Cn1nc(C(=O)N2CCC(c3ccccc3C(F)(F)F)CC2)c2c1CCCC2. The molecule has 638 valence electrons. The number of alkyl halides is 12. The Morgan fingerprint density at radius 1 is 0.319 bits per heavy atom. The van der Waals surface area contributed by atoms with Crippen molar-refractivity contribution >= 4 is 35.4 Å². The number of rotatable bonds is 9. The van der Waals surface area contributed by atoms with E-state index in [1.165, 1.54) is 38.1 Å². The summed E-state index contributed by atoms with van der Waals surface area (Å²) < 4.78 is 167. The molecule has 10 heterocycles. The summed E-state index contributed by atoms with van der Waals surface area (Å²) in [7, 11) is 5.52. The Balaban J connectivity index is 0.000000138. The van der Waals surface area contributed by atoms with E-state index in [0.29, 0.717) is 194 Å². The summed E-state index contributed by atoms with van der Waals surface area (Å²) in [6.07, 6.45) is -4.27. The van der Waals surface area contributed by atoms with Gasteiger partial charge in [0.1, 0.15) is 0 Å². The topological polar surface area (TPSA) is 193 Å². The van der Waals surface area contributed by atoms with Gasteiger partial charge in [-0.1, -0.05) is 72.8 Å². The van der Waals surface area contributed by atoms with Crippen LogP contribution in [0.15, 0.2) is 97.1 Å². The lowest BCUT2D eigenvalue weighted by Gasteiger charge is -2.33. The summed E-state index contributed by atoms with van der Waals surface area (Å²) in [6.45, 7) is 11.0. The molecule has 16 rings (SSSR count). The minimum atomic E-state index is -4.39. The standard InChI is InChI=1S/C23H27F3N4O2.C22H25F3N4O2.2C21H24F3N3O/c1-3-30-20-14-29(15(2)31)13-10-18(20)21(27-30)22(32)28-11-8-16(9-12-28)17-6-4-5-7-19(17)23(24,25)26;1-14(30)29-12-9-17-19(13-29)27(2)26-20(17)21(31)28-10-7-15(8-11-28)16-5-3-4-6-18(16)22(23,24)25;2*1-26-18-9-5-3-7-16(18)19(25-26)20(28)27-12-10-14(11-13-27)15-6-2-4-8-17(15)21(22,23)24/h4-7,16H,3,8-14H2,1-2H3;3-6,15H,7-13H2,1-2H3;2*2,4,6,8,14H,3,5,7,9-13H2,1H3. The molecule has 0 spiro atoms. The van der Waals surface area contributed by atoms with Gasteiger partial charge in [-0.25, -0.2) is 0 Å². The van der Waals surface area contributed by atoms with Crippen molar-refractivity contribution in [1.29, 1.82) is 0 Å². The molecule has 4 fully saturated rings. The van der Waals surface area contributed by atoms with Gasteiger partial charge in [0.15, 0.2) is 22.8 Å². The minimum absolute atomic E-state index is 0.00594. The van der Waals surface area contributed by atoms with Crippen LogP contribution in [-0.4, -0.2) is 169 Å². The number of aromatic nitrogens is 8. The first-order valence-corrected chi connectivity index (χ1v) is 41.1. The summed E-state index contributed by atoms with van der Waals surface area (Å²) >= 11 is 0. The van der Waals surface area contributed by atoms with E-state index in [9.17, 15) is 81.5 Å². The van der Waals surface area contributed by atoms with E-state index in [1.807, 2.05) is 30.4 Å². The summed E-state index contributed by atoms with van der Waals surface area (Å²) in [5.74, 6) is -1.37. The number of aryl methyl sites for hydroxylation is 4. The zero-order valence-electron chi connectivity index (χ0n) is 67.7. The third kappa shape index (κ3) is 19.0.